The van der Waals surface area contributed by atoms with Gasteiger partial charge in [-0.1, -0.05) is 29.8 Å². The van der Waals surface area contributed by atoms with Crippen molar-refractivity contribution in [1.29, 1.82) is 0 Å². The van der Waals surface area contributed by atoms with E-state index >= 15 is 0 Å². The summed E-state index contributed by atoms with van der Waals surface area (Å²) in [5.41, 5.74) is 1.03. The van der Waals surface area contributed by atoms with Crippen LogP contribution in [0.25, 0.3) is 0 Å². The van der Waals surface area contributed by atoms with Gasteiger partial charge in [-0.05, 0) is 24.6 Å². The van der Waals surface area contributed by atoms with Gasteiger partial charge in [-0.3, -0.25) is 4.90 Å². The van der Waals surface area contributed by atoms with Crippen LogP contribution in [-0.2, 0) is 6.54 Å². The molecule has 0 aliphatic carbocycles. The normalized spacial score (nSPS) is 15.5. The van der Waals surface area contributed by atoms with Gasteiger partial charge >= 0.3 is 0 Å². The van der Waals surface area contributed by atoms with Crippen LogP contribution in [0.4, 0.5) is 5.95 Å². The van der Waals surface area contributed by atoms with Crippen LogP contribution in [0.15, 0.2) is 47.7 Å². The third-order valence-corrected chi connectivity index (χ3v) is 5.01. The molecule has 7 nitrogen and oxygen atoms in total. The van der Waals surface area contributed by atoms with Gasteiger partial charge in [0, 0.05) is 63.2 Å². The lowest BCUT2D eigenvalue weighted by Crippen LogP contribution is -2.49. The second kappa shape index (κ2) is 10.8. The molecule has 0 unspecified atom stereocenters. The van der Waals surface area contributed by atoms with E-state index in [1.165, 1.54) is 0 Å². The van der Waals surface area contributed by atoms with Crippen LogP contribution in [-0.4, -0.2) is 66.6 Å². The quantitative estimate of drug-likeness (QED) is 0.546. The van der Waals surface area contributed by atoms with Crippen LogP contribution in [0.5, 0.6) is 0 Å². The number of aliphatic imine (C=N–C) groups is 1. The number of anilines is 1. The molecule has 0 spiro atoms. The molecule has 2 aromatic rings. The van der Waals surface area contributed by atoms with Crippen molar-refractivity contribution in [3.63, 3.8) is 0 Å². The standard InChI is InChI=1S/C20H28ClN7/c1-2-22-19(26-16-17-6-3-4-7-18(17)21)23-10-11-27-12-14-28(15-13-27)20-24-8-5-9-25-20/h3-9H,2,10-16H2,1H3,(H2,22,23,26). The van der Waals surface area contributed by atoms with Gasteiger partial charge in [0.1, 0.15) is 0 Å². The molecule has 1 aliphatic rings. The van der Waals surface area contributed by atoms with Crippen molar-refractivity contribution < 1.29 is 0 Å². The molecule has 0 saturated carbocycles. The Morgan fingerprint density at radius 2 is 1.82 bits per heavy atom. The number of guanidine groups is 1. The molecule has 0 radical (unpaired) electrons. The highest BCUT2D eigenvalue weighted by molar-refractivity contribution is 6.31. The average molecular weight is 402 g/mol. The van der Waals surface area contributed by atoms with E-state index in [9.17, 15) is 0 Å². The van der Waals surface area contributed by atoms with Gasteiger partial charge < -0.3 is 15.5 Å². The van der Waals surface area contributed by atoms with Gasteiger partial charge in [0.05, 0.1) is 6.54 Å². The molecule has 3 rings (SSSR count). The fourth-order valence-corrected chi connectivity index (χ4v) is 3.29. The van der Waals surface area contributed by atoms with Crippen molar-refractivity contribution >= 4 is 23.5 Å². The molecular formula is C20H28ClN7. The van der Waals surface area contributed by atoms with Gasteiger partial charge in [0.2, 0.25) is 5.95 Å². The highest BCUT2D eigenvalue weighted by atomic mass is 35.5. The summed E-state index contributed by atoms with van der Waals surface area (Å²) in [5, 5.41) is 7.46. The zero-order valence-corrected chi connectivity index (χ0v) is 17.1. The second-order valence-corrected chi connectivity index (χ2v) is 7.00. The number of rotatable bonds is 7. The fourth-order valence-electron chi connectivity index (χ4n) is 3.09. The lowest BCUT2D eigenvalue weighted by Gasteiger charge is -2.34. The Morgan fingerprint density at radius 1 is 1.07 bits per heavy atom. The number of nitrogens with zero attached hydrogens (tertiary/aromatic N) is 5. The molecule has 1 fully saturated rings. The zero-order valence-electron chi connectivity index (χ0n) is 16.3. The first kappa shape index (κ1) is 20.4. The maximum atomic E-state index is 6.22. The summed E-state index contributed by atoms with van der Waals surface area (Å²) in [5.74, 6) is 1.64. The van der Waals surface area contributed by atoms with Crippen LogP contribution in [0.3, 0.4) is 0 Å². The lowest BCUT2D eigenvalue weighted by atomic mass is 10.2. The Morgan fingerprint density at radius 3 is 2.54 bits per heavy atom. The Bertz CT molecular complexity index is 745. The van der Waals surface area contributed by atoms with E-state index in [1.807, 2.05) is 30.3 Å². The van der Waals surface area contributed by atoms with Crippen LogP contribution >= 0.6 is 11.6 Å². The summed E-state index contributed by atoms with van der Waals surface area (Å²) in [6.45, 7) is 9.18. The summed E-state index contributed by atoms with van der Waals surface area (Å²) in [6.07, 6.45) is 3.59. The Labute approximate surface area is 171 Å². The van der Waals surface area contributed by atoms with Gasteiger partial charge in [-0.25, -0.2) is 15.0 Å². The van der Waals surface area contributed by atoms with E-state index in [0.29, 0.717) is 6.54 Å². The second-order valence-electron chi connectivity index (χ2n) is 6.59. The maximum Gasteiger partial charge on any atom is 0.225 e. The number of hydrogen-bond donors (Lipinski definition) is 2. The third-order valence-electron chi connectivity index (χ3n) is 4.64. The van der Waals surface area contributed by atoms with E-state index in [2.05, 4.69) is 42.3 Å². The molecule has 0 atom stereocenters. The minimum atomic E-state index is 0.560. The van der Waals surface area contributed by atoms with E-state index in [-0.39, 0.29) is 0 Å². The minimum Gasteiger partial charge on any atom is -0.357 e. The van der Waals surface area contributed by atoms with Crippen LogP contribution in [0.2, 0.25) is 5.02 Å². The minimum absolute atomic E-state index is 0.560. The van der Waals surface area contributed by atoms with Crippen molar-refractivity contribution in [2.75, 3.05) is 50.7 Å². The predicted molar refractivity (Wildman–Crippen MR) is 115 cm³/mol. The number of piperazine rings is 1. The van der Waals surface area contributed by atoms with Crippen molar-refractivity contribution in [3.05, 3.63) is 53.3 Å². The molecule has 8 heteroatoms. The van der Waals surface area contributed by atoms with E-state index < -0.39 is 0 Å². The molecule has 1 aromatic carbocycles. The molecule has 150 valence electrons. The molecule has 2 heterocycles. The summed E-state index contributed by atoms with van der Waals surface area (Å²) in [6, 6.07) is 9.67. The first-order valence-corrected chi connectivity index (χ1v) is 10.1. The number of halogens is 1. The molecule has 1 saturated heterocycles. The van der Waals surface area contributed by atoms with Crippen molar-refractivity contribution in [2.24, 2.45) is 4.99 Å². The van der Waals surface area contributed by atoms with E-state index in [0.717, 1.165) is 68.3 Å². The van der Waals surface area contributed by atoms with E-state index in [1.54, 1.807) is 12.4 Å². The largest absolute Gasteiger partial charge is 0.357 e. The summed E-state index contributed by atoms with van der Waals surface area (Å²) >= 11 is 6.22. The highest BCUT2D eigenvalue weighted by Crippen LogP contribution is 2.15. The molecule has 28 heavy (non-hydrogen) atoms. The Hall–Kier alpha value is -2.38. The number of nitrogens with one attached hydrogen (secondary N) is 2. The molecule has 2 N–H and O–H groups in total. The van der Waals surface area contributed by atoms with Crippen molar-refractivity contribution in [1.82, 2.24) is 25.5 Å². The van der Waals surface area contributed by atoms with Crippen LogP contribution in [0.1, 0.15) is 12.5 Å². The fraction of sp³-hybridized carbons (Fsp3) is 0.450. The van der Waals surface area contributed by atoms with E-state index in [4.69, 9.17) is 11.6 Å². The monoisotopic (exact) mass is 401 g/mol. The van der Waals surface area contributed by atoms with Crippen LogP contribution < -0.4 is 15.5 Å². The summed E-state index contributed by atoms with van der Waals surface area (Å²) in [4.78, 5) is 18.0. The maximum absolute atomic E-state index is 6.22. The zero-order chi connectivity index (χ0) is 19.6. The molecular weight excluding hydrogens is 374 g/mol. The van der Waals surface area contributed by atoms with Crippen molar-refractivity contribution in [3.8, 4) is 0 Å². The molecule has 0 amide bonds. The van der Waals surface area contributed by atoms with Gasteiger partial charge in [0.25, 0.3) is 0 Å². The predicted octanol–water partition coefficient (Wildman–Crippen LogP) is 2.01. The first-order chi connectivity index (χ1) is 13.8. The average Bonchev–Trinajstić information content (AvgIpc) is 2.74. The number of aromatic nitrogens is 2. The molecule has 0 bridgehead atoms. The Balaban J connectivity index is 1.42. The Kier molecular flexibility index (Phi) is 7.87. The molecule has 1 aliphatic heterocycles. The smallest absolute Gasteiger partial charge is 0.225 e. The summed E-state index contributed by atoms with van der Waals surface area (Å²) in [7, 11) is 0. The van der Waals surface area contributed by atoms with Gasteiger partial charge in [-0.15, -0.1) is 0 Å². The third kappa shape index (κ3) is 6.07. The van der Waals surface area contributed by atoms with Gasteiger partial charge in [0.15, 0.2) is 5.96 Å². The topological polar surface area (TPSA) is 68.7 Å². The van der Waals surface area contributed by atoms with Gasteiger partial charge in [-0.2, -0.15) is 0 Å². The number of benzene rings is 1. The first-order valence-electron chi connectivity index (χ1n) is 9.76. The van der Waals surface area contributed by atoms with Crippen molar-refractivity contribution in [2.45, 2.75) is 13.5 Å². The number of hydrogen-bond acceptors (Lipinski definition) is 5. The van der Waals surface area contributed by atoms with Crippen LogP contribution in [0, 0.1) is 0 Å². The molecule has 1 aromatic heterocycles. The lowest BCUT2D eigenvalue weighted by molar-refractivity contribution is 0.260. The summed E-state index contributed by atoms with van der Waals surface area (Å²) < 4.78 is 0. The SMILES string of the molecule is CCNC(=NCc1ccccc1Cl)NCCN1CCN(c2ncccn2)CC1. The highest BCUT2D eigenvalue weighted by Gasteiger charge is 2.18.